The zero-order valence-electron chi connectivity index (χ0n) is 17.9. The Bertz CT molecular complexity index is 1490. The van der Waals surface area contributed by atoms with Gasteiger partial charge in [-0.25, -0.2) is 13.8 Å². The largest absolute Gasteiger partial charge is 0.386 e. The molecule has 1 aliphatic heterocycles. The van der Waals surface area contributed by atoms with Gasteiger partial charge in [-0.1, -0.05) is 0 Å². The smallest absolute Gasteiger partial charge is 0.169 e. The molecule has 1 saturated carbocycles. The van der Waals surface area contributed by atoms with Crippen LogP contribution in [-0.2, 0) is 0 Å². The van der Waals surface area contributed by atoms with Gasteiger partial charge in [0.05, 0.1) is 33.2 Å². The summed E-state index contributed by atoms with van der Waals surface area (Å²) in [5, 5.41) is 13.0. The van der Waals surface area contributed by atoms with E-state index in [0.717, 1.165) is 37.7 Å². The van der Waals surface area contributed by atoms with E-state index < -0.39 is 11.6 Å². The highest BCUT2D eigenvalue weighted by atomic mass is 19.2. The zero-order valence-corrected chi connectivity index (χ0v) is 17.9. The van der Waals surface area contributed by atoms with Gasteiger partial charge in [0.1, 0.15) is 11.7 Å². The van der Waals surface area contributed by atoms with Crippen LogP contribution < -0.4 is 16.0 Å². The molecule has 166 valence electrons. The summed E-state index contributed by atoms with van der Waals surface area (Å²) in [6.45, 7) is 1.47. The first kappa shape index (κ1) is 19.9. The molecular formula is C24H21F2N7. The predicted octanol–water partition coefficient (Wildman–Crippen LogP) is 3.90. The molecular weight excluding hydrogens is 424 g/mol. The minimum atomic E-state index is -0.931. The number of hydrogen-bond donors (Lipinski definition) is 3. The van der Waals surface area contributed by atoms with Crippen molar-refractivity contribution in [1.29, 1.82) is 5.26 Å². The summed E-state index contributed by atoms with van der Waals surface area (Å²) in [6, 6.07) is 5.14. The van der Waals surface area contributed by atoms with Gasteiger partial charge in [0, 0.05) is 67.4 Å². The van der Waals surface area contributed by atoms with Crippen LogP contribution in [0.2, 0.25) is 0 Å². The van der Waals surface area contributed by atoms with E-state index >= 15 is 4.39 Å². The minimum Gasteiger partial charge on any atom is -0.386 e. The van der Waals surface area contributed by atoms with E-state index in [-0.39, 0.29) is 16.8 Å². The molecule has 0 amide bonds. The number of nitrogens with one attached hydrogen (secondary N) is 2. The molecule has 0 radical (unpaired) electrons. The summed E-state index contributed by atoms with van der Waals surface area (Å²) in [6.07, 6.45) is 6.75. The first-order chi connectivity index (χ1) is 16.0. The van der Waals surface area contributed by atoms with Gasteiger partial charge in [-0.3, -0.25) is 4.98 Å². The average molecular weight is 445 g/mol. The molecule has 1 aliphatic carbocycles. The maximum absolute atomic E-state index is 15.3. The Labute approximate surface area is 188 Å². The highest BCUT2D eigenvalue weighted by Gasteiger charge is 2.55. The van der Waals surface area contributed by atoms with E-state index in [1.54, 1.807) is 25.5 Å². The van der Waals surface area contributed by atoms with Crippen LogP contribution in [0.4, 0.5) is 20.2 Å². The fourth-order valence-corrected chi connectivity index (χ4v) is 5.26. The summed E-state index contributed by atoms with van der Waals surface area (Å²) < 4.78 is 29.9. The predicted molar refractivity (Wildman–Crippen MR) is 123 cm³/mol. The fraction of sp³-hybridized carbons (Fsp3) is 0.292. The lowest BCUT2D eigenvalue weighted by molar-refractivity contribution is 0.518. The van der Waals surface area contributed by atoms with Crippen LogP contribution in [-0.4, -0.2) is 41.1 Å². The number of anilines is 2. The Balaban J connectivity index is 1.69. The van der Waals surface area contributed by atoms with Crippen LogP contribution in [0.25, 0.3) is 33.1 Å². The molecule has 1 saturated heterocycles. The second-order valence-corrected chi connectivity index (χ2v) is 9.01. The molecule has 1 spiro atoms. The second-order valence-electron chi connectivity index (χ2n) is 9.01. The number of nitriles is 1. The van der Waals surface area contributed by atoms with E-state index in [1.165, 1.54) is 6.20 Å². The maximum atomic E-state index is 15.3. The summed E-state index contributed by atoms with van der Waals surface area (Å²) in [5.41, 5.74) is 10.3. The van der Waals surface area contributed by atoms with Gasteiger partial charge in [0.25, 0.3) is 0 Å². The Kier molecular flexibility index (Phi) is 4.13. The van der Waals surface area contributed by atoms with E-state index in [9.17, 15) is 9.65 Å². The summed E-state index contributed by atoms with van der Waals surface area (Å²) in [5.74, 6) is -1.85. The van der Waals surface area contributed by atoms with Crippen molar-refractivity contribution in [2.75, 3.05) is 30.4 Å². The quantitative estimate of drug-likeness (QED) is 0.442. The number of H-pyrrole nitrogens is 1. The van der Waals surface area contributed by atoms with Crippen molar-refractivity contribution >= 4 is 33.3 Å². The van der Waals surface area contributed by atoms with Crippen LogP contribution in [0.3, 0.4) is 0 Å². The van der Waals surface area contributed by atoms with Crippen LogP contribution in [0.15, 0.2) is 30.7 Å². The van der Waals surface area contributed by atoms with Gasteiger partial charge < -0.3 is 20.9 Å². The average Bonchev–Trinajstić information content (AvgIpc) is 3.16. The van der Waals surface area contributed by atoms with Crippen LogP contribution >= 0.6 is 0 Å². The normalized spacial score (nSPS) is 21.8. The topological polar surface area (TPSA) is 107 Å². The van der Waals surface area contributed by atoms with Crippen LogP contribution in [0.5, 0.6) is 0 Å². The Hall–Kier alpha value is -3.77. The highest BCUT2D eigenvalue weighted by molar-refractivity contribution is 6.18. The van der Waals surface area contributed by atoms with Gasteiger partial charge in [0.2, 0.25) is 0 Å². The third kappa shape index (κ3) is 2.80. The van der Waals surface area contributed by atoms with Gasteiger partial charge in [-0.2, -0.15) is 5.26 Å². The van der Waals surface area contributed by atoms with Crippen molar-refractivity contribution < 1.29 is 8.78 Å². The van der Waals surface area contributed by atoms with Crippen LogP contribution in [0, 0.1) is 28.4 Å². The van der Waals surface area contributed by atoms with Crippen molar-refractivity contribution in [3.05, 3.63) is 47.9 Å². The maximum Gasteiger partial charge on any atom is 0.169 e. The lowest BCUT2D eigenvalue weighted by Gasteiger charge is -2.23. The van der Waals surface area contributed by atoms with E-state index in [4.69, 9.17) is 5.73 Å². The number of aromatic amines is 1. The van der Waals surface area contributed by atoms with E-state index in [2.05, 4.69) is 31.2 Å². The number of fused-ring (bicyclic) bond motifs is 3. The Morgan fingerprint density at radius 1 is 1.27 bits per heavy atom. The van der Waals surface area contributed by atoms with Crippen LogP contribution in [0.1, 0.15) is 18.4 Å². The third-order valence-corrected chi connectivity index (χ3v) is 7.17. The van der Waals surface area contributed by atoms with Crippen molar-refractivity contribution in [1.82, 2.24) is 15.0 Å². The zero-order chi connectivity index (χ0) is 22.9. The first-order valence-corrected chi connectivity index (χ1v) is 10.8. The Morgan fingerprint density at radius 2 is 2.09 bits per heavy atom. The molecule has 9 heteroatoms. The first-order valence-electron chi connectivity index (χ1n) is 10.8. The fourth-order valence-electron chi connectivity index (χ4n) is 5.26. The van der Waals surface area contributed by atoms with Gasteiger partial charge >= 0.3 is 0 Å². The number of halogens is 2. The van der Waals surface area contributed by atoms with Crippen molar-refractivity contribution in [2.24, 2.45) is 11.1 Å². The lowest BCUT2D eigenvalue weighted by atomic mass is 10.0. The molecule has 4 heterocycles. The lowest BCUT2D eigenvalue weighted by Crippen LogP contribution is -2.23. The number of aromatic nitrogens is 3. The molecule has 6 rings (SSSR count). The number of rotatable bonds is 3. The summed E-state index contributed by atoms with van der Waals surface area (Å²) in [4.78, 5) is 14.1. The molecule has 1 unspecified atom stereocenters. The summed E-state index contributed by atoms with van der Waals surface area (Å²) >= 11 is 0. The highest BCUT2D eigenvalue weighted by Crippen LogP contribution is 2.54. The molecule has 3 aromatic heterocycles. The third-order valence-electron chi connectivity index (χ3n) is 7.17. The van der Waals surface area contributed by atoms with Crippen molar-refractivity contribution in [2.45, 2.75) is 18.9 Å². The van der Waals surface area contributed by atoms with Crippen molar-refractivity contribution in [3.63, 3.8) is 0 Å². The molecule has 33 heavy (non-hydrogen) atoms. The molecule has 0 bridgehead atoms. The van der Waals surface area contributed by atoms with E-state index in [1.807, 2.05) is 0 Å². The molecule has 1 aromatic carbocycles. The summed E-state index contributed by atoms with van der Waals surface area (Å²) in [7, 11) is 1.66. The molecule has 2 aliphatic rings. The standard InChI is InChI=1S/C24H21F2N7/c1-29-16-5-15(25)20(26)18-19-22(33-3-2-24(11-33)6-17(24)28)14(10-31-23(19)32-21(16)18)13-4-12(7-27)8-30-9-13/h4-5,8-10,17,29H,2-3,6,11,28H2,1H3,(H,31,32)/t17-,24?/m1/s1. The van der Waals surface area contributed by atoms with E-state index in [0.29, 0.717) is 38.9 Å². The number of benzene rings is 1. The van der Waals surface area contributed by atoms with Crippen molar-refractivity contribution in [3.8, 4) is 17.2 Å². The monoisotopic (exact) mass is 445 g/mol. The Morgan fingerprint density at radius 3 is 2.79 bits per heavy atom. The number of nitrogens with zero attached hydrogens (tertiary/aromatic N) is 4. The van der Waals surface area contributed by atoms with Gasteiger partial charge in [-0.15, -0.1) is 0 Å². The number of pyridine rings is 2. The molecule has 4 N–H and O–H groups in total. The molecule has 2 fully saturated rings. The minimum absolute atomic E-state index is 0.0612. The molecule has 2 atom stereocenters. The second kappa shape index (κ2) is 6.86. The molecule has 7 nitrogen and oxygen atoms in total. The molecule has 4 aromatic rings. The SMILES string of the molecule is CNc1cc(F)c(F)c2c1[nH]c1ncc(-c3cncc(C#N)c3)c(N3CCC4(C[C@H]4N)C3)c12. The number of hydrogen-bond acceptors (Lipinski definition) is 6. The number of nitrogens with two attached hydrogens (primary N) is 1. The van der Waals surface area contributed by atoms with Gasteiger partial charge in [-0.05, 0) is 18.9 Å². The van der Waals surface area contributed by atoms with Gasteiger partial charge in [0.15, 0.2) is 11.6 Å².